The SMILES string of the molecule is CC(=C1CCN(C2CCC(C(F)(F)F)CC2)CC1)c1ccc(SC(C)C)cc1. The molecule has 0 bridgehead atoms. The van der Waals surface area contributed by atoms with Crippen LogP contribution in [0.1, 0.15) is 64.9 Å². The van der Waals surface area contributed by atoms with Crippen molar-refractivity contribution in [2.45, 2.75) is 81.7 Å². The highest BCUT2D eigenvalue weighted by atomic mass is 32.2. The number of piperidine rings is 1. The molecule has 1 nitrogen and oxygen atoms in total. The van der Waals surface area contributed by atoms with Crippen LogP contribution in [0.4, 0.5) is 13.2 Å². The van der Waals surface area contributed by atoms with Crippen molar-refractivity contribution in [2.75, 3.05) is 13.1 Å². The summed E-state index contributed by atoms with van der Waals surface area (Å²) in [6.07, 6.45) is 0.0405. The van der Waals surface area contributed by atoms with Crippen molar-refractivity contribution in [3.63, 3.8) is 0 Å². The lowest BCUT2D eigenvalue weighted by Gasteiger charge is -2.40. The molecule has 0 radical (unpaired) electrons. The van der Waals surface area contributed by atoms with Crippen molar-refractivity contribution < 1.29 is 13.2 Å². The van der Waals surface area contributed by atoms with Gasteiger partial charge in [0.25, 0.3) is 0 Å². The van der Waals surface area contributed by atoms with Crippen LogP contribution in [0.5, 0.6) is 0 Å². The fourth-order valence-corrected chi connectivity index (χ4v) is 5.40. The summed E-state index contributed by atoms with van der Waals surface area (Å²) in [7, 11) is 0. The van der Waals surface area contributed by atoms with Crippen molar-refractivity contribution in [1.82, 2.24) is 4.90 Å². The van der Waals surface area contributed by atoms with Gasteiger partial charge in [-0.1, -0.05) is 31.6 Å². The second kappa shape index (κ2) is 9.25. The van der Waals surface area contributed by atoms with Gasteiger partial charge in [0.2, 0.25) is 0 Å². The Balaban J connectivity index is 1.54. The van der Waals surface area contributed by atoms with Gasteiger partial charge in [-0.2, -0.15) is 13.2 Å². The van der Waals surface area contributed by atoms with E-state index in [1.165, 1.54) is 21.6 Å². The number of rotatable bonds is 4. The Labute approximate surface area is 171 Å². The van der Waals surface area contributed by atoms with Crippen LogP contribution in [0.3, 0.4) is 0 Å². The summed E-state index contributed by atoms with van der Waals surface area (Å²) in [6.45, 7) is 8.58. The summed E-state index contributed by atoms with van der Waals surface area (Å²) >= 11 is 1.88. The molecule has 0 aromatic heterocycles. The zero-order valence-corrected chi connectivity index (χ0v) is 18.0. The highest BCUT2D eigenvalue weighted by molar-refractivity contribution is 7.99. The lowest BCUT2D eigenvalue weighted by molar-refractivity contribution is -0.184. The Morgan fingerprint density at radius 1 is 1.00 bits per heavy atom. The van der Waals surface area contributed by atoms with Crippen molar-refractivity contribution in [1.29, 1.82) is 0 Å². The monoisotopic (exact) mass is 411 g/mol. The third-order valence-electron chi connectivity index (χ3n) is 6.27. The number of nitrogens with zero attached hydrogens (tertiary/aromatic N) is 1. The van der Waals surface area contributed by atoms with Crippen LogP contribution < -0.4 is 0 Å². The van der Waals surface area contributed by atoms with Gasteiger partial charge in [-0.3, -0.25) is 4.90 Å². The summed E-state index contributed by atoms with van der Waals surface area (Å²) in [4.78, 5) is 3.74. The van der Waals surface area contributed by atoms with Crippen LogP contribution in [0.2, 0.25) is 0 Å². The van der Waals surface area contributed by atoms with Crippen LogP contribution >= 0.6 is 11.8 Å². The maximum absolute atomic E-state index is 12.9. The van der Waals surface area contributed by atoms with Gasteiger partial charge in [0.05, 0.1) is 5.92 Å². The quantitative estimate of drug-likeness (QED) is 0.483. The molecule has 0 spiro atoms. The number of thioether (sulfide) groups is 1. The maximum atomic E-state index is 12.9. The third-order valence-corrected chi connectivity index (χ3v) is 7.28. The molecule has 156 valence electrons. The highest BCUT2D eigenvalue weighted by Gasteiger charge is 2.42. The van der Waals surface area contributed by atoms with E-state index in [0.29, 0.717) is 37.0 Å². The van der Waals surface area contributed by atoms with E-state index in [4.69, 9.17) is 0 Å². The van der Waals surface area contributed by atoms with Gasteiger partial charge in [-0.05, 0) is 68.7 Å². The molecule has 28 heavy (non-hydrogen) atoms. The molecular formula is C23H32F3NS. The molecule has 0 N–H and O–H groups in total. The molecule has 1 saturated heterocycles. The molecule has 1 aromatic rings. The molecule has 5 heteroatoms. The molecule has 0 amide bonds. The summed E-state index contributed by atoms with van der Waals surface area (Å²) in [6, 6.07) is 9.19. The number of allylic oxidation sites excluding steroid dienone is 1. The topological polar surface area (TPSA) is 3.24 Å². The normalized spacial score (nSPS) is 24.6. The molecular weight excluding hydrogens is 379 g/mol. The van der Waals surface area contributed by atoms with Gasteiger partial charge in [-0.15, -0.1) is 11.8 Å². The molecule has 2 aliphatic rings. The fourth-order valence-electron chi connectivity index (χ4n) is 4.56. The highest BCUT2D eigenvalue weighted by Crippen LogP contribution is 2.39. The number of halogens is 3. The van der Waals surface area contributed by atoms with E-state index in [1.54, 1.807) is 0 Å². The Morgan fingerprint density at radius 2 is 1.57 bits per heavy atom. The maximum Gasteiger partial charge on any atom is 0.391 e. The first-order valence-corrected chi connectivity index (χ1v) is 11.4. The van der Waals surface area contributed by atoms with E-state index in [0.717, 1.165) is 25.9 Å². The van der Waals surface area contributed by atoms with E-state index in [1.807, 2.05) is 11.8 Å². The van der Waals surface area contributed by atoms with E-state index < -0.39 is 12.1 Å². The van der Waals surface area contributed by atoms with Crippen LogP contribution in [0, 0.1) is 5.92 Å². The Morgan fingerprint density at radius 3 is 2.07 bits per heavy atom. The Hall–Kier alpha value is -0.940. The largest absolute Gasteiger partial charge is 0.391 e. The van der Waals surface area contributed by atoms with Gasteiger partial charge in [0.15, 0.2) is 0 Å². The molecule has 1 aliphatic heterocycles. The molecule has 1 aromatic carbocycles. The first kappa shape index (κ1) is 21.8. The second-order valence-electron chi connectivity index (χ2n) is 8.50. The van der Waals surface area contributed by atoms with Crippen LogP contribution in [-0.2, 0) is 0 Å². The molecule has 0 unspecified atom stereocenters. The van der Waals surface area contributed by atoms with Crippen LogP contribution in [0.25, 0.3) is 5.57 Å². The molecule has 0 atom stereocenters. The predicted octanol–water partition coefficient (Wildman–Crippen LogP) is 7.18. The second-order valence-corrected chi connectivity index (χ2v) is 10.2. The number of hydrogen-bond donors (Lipinski definition) is 0. The molecule has 3 rings (SSSR count). The molecule has 1 saturated carbocycles. The molecule has 1 aliphatic carbocycles. The zero-order valence-electron chi connectivity index (χ0n) is 17.2. The lowest BCUT2D eigenvalue weighted by atomic mass is 9.84. The fraction of sp³-hybridized carbons (Fsp3) is 0.652. The average Bonchev–Trinajstić information content (AvgIpc) is 2.67. The first-order chi connectivity index (χ1) is 13.2. The summed E-state index contributed by atoms with van der Waals surface area (Å²) < 4.78 is 38.6. The van der Waals surface area contributed by atoms with Crippen molar-refractivity contribution in [3.8, 4) is 0 Å². The average molecular weight is 412 g/mol. The van der Waals surface area contributed by atoms with E-state index in [-0.39, 0.29) is 0 Å². The molecule has 2 fully saturated rings. The van der Waals surface area contributed by atoms with Gasteiger partial charge >= 0.3 is 6.18 Å². The van der Waals surface area contributed by atoms with Crippen molar-refractivity contribution in [3.05, 3.63) is 35.4 Å². The molecule has 1 heterocycles. The van der Waals surface area contributed by atoms with Gasteiger partial charge in [0.1, 0.15) is 0 Å². The van der Waals surface area contributed by atoms with Crippen LogP contribution in [0.15, 0.2) is 34.7 Å². The number of hydrogen-bond acceptors (Lipinski definition) is 2. The van der Waals surface area contributed by atoms with Gasteiger partial charge in [-0.25, -0.2) is 0 Å². The smallest absolute Gasteiger partial charge is 0.300 e. The summed E-state index contributed by atoms with van der Waals surface area (Å²) in [5.41, 5.74) is 4.17. The Kier molecular flexibility index (Phi) is 7.19. The minimum Gasteiger partial charge on any atom is -0.300 e. The lowest BCUT2D eigenvalue weighted by Crippen LogP contribution is -2.43. The number of benzene rings is 1. The standard InChI is InChI=1S/C23H32F3NS/c1-16(2)28-22-10-4-18(5-11-22)17(3)19-12-14-27(15-13-19)21-8-6-20(7-9-21)23(24,25)26/h4-5,10-11,16,20-21H,6-9,12-15H2,1-3H3. The van der Waals surface area contributed by atoms with Crippen molar-refractivity contribution >= 4 is 17.3 Å². The minimum absolute atomic E-state index is 0.299. The summed E-state index contributed by atoms with van der Waals surface area (Å²) in [5, 5.41) is 0.584. The third kappa shape index (κ3) is 5.56. The van der Waals surface area contributed by atoms with E-state index in [2.05, 4.69) is 49.9 Å². The van der Waals surface area contributed by atoms with Gasteiger partial charge in [0, 0.05) is 29.3 Å². The first-order valence-electron chi connectivity index (χ1n) is 10.5. The Bertz CT molecular complexity index is 660. The predicted molar refractivity (Wildman–Crippen MR) is 113 cm³/mol. The van der Waals surface area contributed by atoms with E-state index >= 15 is 0 Å². The number of alkyl halides is 3. The zero-order chi connectivity index (χ0) is 20.3. The van der Waals surface area contributed by atoms with Gasteiger partial charge < -0.3 is 0 Å². The summed E-state index contributed by atoms with van der Waals surface area (Å²) in [5.74, 6) is -1.08. The van der Waals surface area contributed by atoms with E-state index in [9.17, 15) is 13.2 Å². The minimum atomic E-state index is -4.01. The van der Waals surface area contributed by atoms with Crippen LogP contribution in [-0.4, -0.2) is 35.5 Å². The number of likely N-dealkylation sites (tertiary alicyclic amines) is 1. The van der Waals surface area contributed by atoms with Crippen molar-refractivity contribution in [2.24, 2.45) is 5.92 Å².